The van der Waals surface area contributed by atoms with Crippen LogP contribution in [0.3, 0.4) is 0 Å². The number of halogens is 1. The molecule has 4 heteroatoms. The third-order valence-corrected chi connectivity index (χ3v) is 4.70. The number of methoxy groups -OCH3 is 1. The number of aliphatic hydroxyl groups excluding tert-OH is 1. The van der Waals surface area contributed by atoms with E-state index in [1.165, 1.54) is 0 Å². The lowest BCUT2D eigenvalue weighted by Gasteiger charge is -2.36. The van der Waals surface area contributed by atoms with E-state index in [1.807, 2.05) is 30.3 Å². The lowest BCUT2D eigenvalue weighted by Crippen LogP contribution is -2.38. The van der Waals surface area contributed by atoms with Crippen LogP contribution in [0.1, 0.15) is 39.4 Å². The number of rotatable bonds is 7. The second-order valence-corrected chi connectivity index (χ2v) is 6.76. The Bertz CT molecular complexity index is 653. The molecule has 0 radical (unpaired) electrons. The van der Waals surface area contributed by atoms with Crippen LogP contribution in [0.5, 0.6) is 5.75 Å². The Morgan fingerprint density at radius 1 is 1.04 bits per heavy atom. The van der Waals surface area contributed by atoms with Gasteiger partial charge in [0.15, 0.2) is 0 Å². The molecule has 1 N–H and O–H groups in total. The van der Waals surface area contributed by atoms with Gasteiger partial charge in [0.1, 0.15) is 5.75 Å². The largest absolute Gasteiger partial charge is 0.496 e. The van der Waals surface area contributed by atoms with E-state index in [4.69, 9.17) is 4.74 Å². The van der Waals surface area contributed by atoms with Gasteiger partial charge in [0.05, 0.1) is 13.2 Å². The van der Waals surface area contributed by atoms with Crippen LogP contribution in [0.4, 0.5) is 0 Å². The summed E-state index contributed by atoms with van der Waals surface area (Å²) < 4.78 is 5.46. The summed E-state index contributed by atoms with van der Waals surface area (Å²) in [5.41, 5.74) is 0.738. The summed E-state index contributed by atoms with van der Waals surface area (Å²) in [6.07, 6.45) is -0.529. The molecule has 0 saturated carbocycles. The van der Waals surface area contributed by atoms with Gasteiger partial charge >= 0.3 is 0 Å². The van der Waals surface area contributed by atoms with Crippen molar-refractivity contribution in [2.75, 3.05) is 26.7 Å². The Hall–Kier alpha value is -1.29. The zero-order chi connectivity index (χ0) is 17.0. The van der Waals surface area contributed by atoms with Crippen LogP contribution >= 0.6 is 12.4 Å². The number of ether oxygens (including phenoxy) is 1. The summed E-state index contributed by atoms with van der Waals surface area (Å²) in [5, 5.41) is 13.2. The van der Waals surface area contributed by atoms with Crippen molar-refractivity contribution in [1.29, 1.82) is 0 Å². The zero-order valence-electron chi connectivity index (χ0n) is 15.4. The van der Waals surface area contributed by atoms with Crippen molar-refractivity contribution < 1.29 is 9.84 Å². The third kappa shape index (κ3) is 4.21. The second kappa shape index (κ2) is 8.70. The van der Waals surface area contributed by atoms with Gasteiger partial charge in [-0.05, 0) is 30.1 Å². The first kappa shape index (κ1) is 20.8. The molecule has 2 aromatic rings. The summed E-state index contributed by atoms with van der Waals surface area (Å²) in [6.45, 7) is 11.4. The summed E-state index contributed by atoms with van der Waals surface area (Å²) in [7, 11) is 1.68. The molecule has 0 aromatic heterocycles. The Balaban J connectivity index is 0.00000288. The van der Waals surface area contributed by atoms with Gasteiger partial charge in [-0.15, -0.1) is 12.4 Å². The topological polar surface area (TPSA) is 32.7 Å². The van der Waals surface area contributed by atoms with Crippen molar-refractivity contribution in [2.45, 2.75) is 33.8 Å². The lowest BCUT2D eigenvalue weighted by atomic mass is 9.80. The summed E-state index contributed by atoms with van der Waals surface area (Å²) >= 11 is 0. The predicted octanol–water partition coefficient (Wildman–Crippen LogP) is 4.67. The molecule has 0 fully saturated rings. The van der Waals surface area contributed by atoms with E-state index in [9.17, 15) is 5.11 Å². The molecule has 2 rings (SSSR count). The highest BCUT2D eigenvalue weighted by Crippen LogP contribution is 2.39. The van der Waals surface area contributed by atoms with Crippen molar-refractivity contribution in [2.24, 2.45) is 5.41 Å². The molecule has 0 aliphatic rings. The van der Waals surface area contributed by atoms with Gasteiger partial charge in [0, 0.05) is 17.3 Å². The van der Waals surface area contributed by atoms with Crippen molar-refractivity contribution in [3.63, 3.8) is 0 Å². The van der Waals surface area contributed by atoms with Crippen LogP contribution in [0.15, 0.2) is 36.4 Å². The van der Waals surface area contributed by atoms with Crippen LogP contribution in [-0.4, -0.2) is 36.8 Å². The number of fused-ring (bicyclic) bond motifs is 1. The van der Waals surface area contributed by atoms with Crippen molar-refractivity contribution in [3.05, 3.63) is 42.0 Å². The molecule has 0 heterocycles. The van der Waals surface area contributed by atoms with E-state index in [2.05, 4.69) is 38.7 Å². The Morgan fingerprint density at radius 3 is 2.17 bits per heavy atom. The maximum Gasteiger partial charge on any atom is 0.126 e. The minimum Gasteiger partial charge on any atom is -0.496 e. The van der Waals surface area contributed by atoms with Gasteiger partial charge in [-0.25, -0.2) is 0 Å². The lowest BCUT2D eigenvalue weighted by molar-refractivity contribution is 0.0235. The van der Waals surface area contributed by atoms with Gasteiger partial charge in [-0.1, -0.05) is 58.0 Å². The van der Waals surface area contributed by atoms with E-state index in [0.717, 1.165) is 41.7 Å². The SMILES string of the molecule is CCN(CC)CC(C)(C)C(O)c1ccc(OC)c2ccccc12.Cl. The highest BCUT2D eigenvalue weighted by Gasteiger charge is 2.32. The number of hydrogen-bond donors (Lipinski definition) is 1. The average molecular weight is 352 g/mol. The first-order valence-corrected chi connectivity index (χ1v) is 8.40. The van der Waals surface area contributed by atoms with E-state index in [-0.39, 0.29) is 17.8 Å². The van der Waals surface area contributed by atoms with Crippen LogP contribution in [-0.2, 0) is 0 Å². The zero-order valence-corrected chi connectivity index (χ0v) is 16.2. The molecular formula is C20H30ClNO2. The van der Waals surface area contributed by atoms with Gasteiger partial charge in [0.2, 0.25) is 0 Å². The molecule has 2 aromatic carbocycles. The Morgan fingerprint density at radius 2 is 1.62 bits per heavy atom. The van der Waals surface area contributed by atoms with Crippen molar-refractivity contribution in [3.8, 4) is 5.75 Å². The molecule has 0 spiro atoms. The molecule has 24 heavy (non-hydrogen) atoms. The molecule has 0 bridgehead atoms. The monoisotopic (exact) mass is 351 g/mol. The molecule has 1 unspecified atom stereocenters. The Kier molecular flexibility index (Phi) is 7.53. The summed E-state index contributed by atoms with van der Waals surface area (Å²) in [6, 6.07) is 12.1. The molecule has 0 amide bonds. The normalized spacial score (nSPS) is 13.0. The van der Waals surface area contributed by atoms with Gasteiger partial charge in [0.25, 0.3) is 0 Å². The van der Waals surface area contributed by atoms with E-state index in [1.54, 1.807) is 7.11 Å². The smallest absolute Gasteiger partial charge is 0.126 e. The van der Waals surface area contributed by atoms with Crippen molar-refractivity contribution >= 4 is 23.2 Å². The molecule has 1 atom stereocenters. The fourth-order valence-corrected chi connectivity index (χ4v) is 3.24. The fourth-order valence-electron chi connectivity index (χ4n) is 3.24. The number of nitrogens with zero attached hydrogens (tertiary/aromatic N) is 1. The maximum absolute atomic E-state index is 11.1. The quantitative estimate of drug-likeness (QED) is 0.786. The Labute approximate surface area is 152 Å². The molecule has 0 aliphatic heterocycles. The molecule has 3 nitrogen and oxygen atoms in total. The van der Waals surface area contributed by atoms with Crippen LogP contribution in [0, 0.1) is 5.41 Å². The van der Waals surface area contributed by atoms with E-state index < -0.39 is 6.10 Å². The molecule has 0 saturated heterocycles. The minimum absolute atomic E-state index is 0. The van der Waals surface area contributed by atoms with Gasteiger partial charge < -0.3 is 14.7 Å². The number of aliphatic hydroxyl groups is 1. The van der Waals surface area contributed by atoms with Crippen molar-refractivity contribution in [1.82, 2.24) is 4.90 Å². The summed E-state index contributed by atoms with van der Waals surface area (Å²) in [4.78, 5) is 2.36. The van der Waals surface area contributed by atoms with E-state index in [0.29, 0.717) is 0 Å². The van der Waals surface area contributed by atoms with Crippen LogP contribution < -0.4 is 4.74 Å². The van der Waals surface area contributed by atoms with Crippen LogP contribution in [0.25, 0.3) is 10.8 Å². The van der Waals surface area contributed by atoms with Gasteiger partial charge in [-0.2, -0.15) is 0 Å². The maximum atomic E-state index is 11.1. The first-order valence-electron chi connectivity index (χ1n) is 8.40. The van der Waals surface area contributed by atoms with E-state index >= 15 is 0 Å². The highest BCUT2D eigenvalue weighted by atomic mass is 35.5. The predicted molar refractivity (Wildman–Crippen MR) is 104 cm³/mol. The molecule has 0 aliphatic carbocycles. The summed E-state index contributed by atoms with van der Waals surface area (Å²) in [5.74, 6) is 0.845. The minimum atomic E-state index is -0.529. The molecular weight excluding hydrogens is 322 g/mol. The molecule has 134 valence electrons. The standard InChI is InChI=1S/C20H29NO2.ClH/c1-6-21(7-2)14-20(3,4)19(22)17-12-13-18(23-5)16-11-9-8-10-15(16)17;/h8-13,19,22H,6-7,14H2,1-5H3;1H. The highest BCUT2D eigenvalue weighted by molar-refractivity contribution is 5.91. The van der Waals surface area contributed by atoms with Crippen LogP contribution in [0.2, 0.25) is 0 Å². The number of hydrogen-bond acceptors (Lipinski definition) is 3. The number of benzene rings is 2. The van der Waals surface area contributed by atoms with Gasteiger partial charge in [-0.3, -0.25) is 0 Å². The fraction of sp³-hybridized carbons (Fsp3) is 0.500. The second-order valence-electron chi connectivity index (χ2n) is 6.76. The third-order valence-electron chi connectivity index (χ3n) is 4.70. The first-order chi connectivity index (χ1) is 10.9. The average Bonchev–Trinajstić information content (AvgIpc) is 2.58.